The summed E-state index contributed by atoms with van der Waals surface area (Å²) in [7, 11) is 0. The highest BCUT2D eigenvalue weighted by Crippen LogP contribution is 2.28. The lowest BCUT2D eigenvalue weighted by atomic mass is 10.1. The Morgan fingerprint density at radius 1 is 0.964 bits per heavy atom. The molecular weight excluding hydrogens is 352 g/mol. The second-order valence-electron chi connectivity index (χ2n) is 6.98. The molecule has 6 heteroatoms. The second-order valence-corrected chi connectivity index (χ2v) is 6.98. The fraction of sp³-hybridized carbons (Fsp3) is 0.318. The first-order valence-corrected chi connectivity index (χ1v) is 9.81. The van der Waals surface area contributed by atoms with Crippen LogP contribution in [0, 0.1) is 0 Å². The molecule has 0 bridgehead atoms. The van der Waals surface area contributed by atoms with E-state index >= 15 is 0 Å². The number of amides is 1. The predicted octanol–water partition coefficient (Wildman–Crippen LogP) is 4.30. The zero-order chi connectivity index (χ0) is 19.2. The molecule has 1 fully saturated rings. The fourth-order valence-electron chi connectivity index (χ4n) is 3.48. The maximum Gasteiger partial charge on any atom is 0.247 e. The molecule has 1 aromatic heterocycles. The average molecular weight is 376 g/mol. The van der Waals surface area contributed by atoms with Gasteiger partial charge in [-0.3, -0.25) is 4.79 Å². The molecule has 0 atom stereocenters. The zero-order valence-corrected chi connectivity index (χ0v) is 15.8. The molecule has 0 radical (unpaired) electrons. The van der Waals surface area contributed by atoms with Crippen molar-refractivity contribution < 1.29 is 9.21 Å². The number of aryl methyl sites for hydroxylation is 1. The van der Waals surface area contributed by atoms with Crippen molar-refractivity contribution >= 4 is 17.3 Å². The van der Waals surface area contributed by atoms with Crippen molar-refractivity contribution in [3.8, 4) is 11.5 Å². The lowest BCUT2D eigenvalue weighted by molar-refractivity contribution is -0.116. The number of nitrogens with one attached hydrogen (secondary N) is 1. The van der Waals surface area contributed by atoms with E-state index in [2.05, 4.69) is 26.5 Å². The fourth-order valence-corrected chi connectivity index (χ4v) is 3.48. The lowest BCUT2D eigenvalue weighted by Gasteiger charge is -2.30. The molecule has 1 N–H and O–H groups in total. The summed E-state index contributed by atoms with van der Waals surface area (Å²) in [4.78, 5) is 14.8. The molecule has 1 saturated heterocycles. The summed E-state index contributed by atoms with van der Waals surface area (Å²) in [5.41, 5.74) is 2.84. The van der Waals surface area contributed by atoms with Crippen molar-refractivity contribution in [1.82, 2.24) is 10.2 Å². The Morgan fingerprint density at radius 2 is 1.71 bits per heavy atom. The van der Waals surface area contributed by atoms with Gasteiger partial charge in [0.1, 0.15) is 0 Å². The average Bonchev–Trinajstić information content (AvgIpc) is 3.23. The Labute approximate surface area is 164 Å². The normalized spacial score (nSPS) is 14.1. The topological polar surface area (TPSA) is 71.3 Å². The molecule has 4 rings (SSSR count). The standard InChI is InChI=1S/C22H24N4O2/c27-20(13-14-21-24-25-22(28-21)17-9-3-1-4-10-17)23-18-11-5-6-12-19(18)26-15-7-2-8-16-26/h1,3-6,9-12H,2,7-8,13-16H2,(H,23,27). The number of carbonyl (C=O) groups excluding carboxylic acids is 1. The van der Waals surface area contributed by atoms with E-state index in [4.69, 9.17) is 4.42 Å². The third-order valence-electron chi connectivity index (χ3n) is 4.93. The minimum absolute atomic E-state index is 0.0519. The van der Waals surface area contributed by atoms with Crippen LogP contribution in [0.25, 0.3) is 11.5 Å². The van der Waals surface area contributed by atoms with Crippen LogP contribution in [0.15, 0.2) is 59.0 Å². The van der Waals surface area contributed by atoms with Gasteiger partial charge in [-0.25, -0.2) is 0 Å². The van der Waals surface area contributed by atoms with E-state index in [9.17, 15) is 4.79 Å². The molecule has 28 heavy (non-hydrogen) atoms. The number of para-hydroxylation sites is 2. The number of piperidine rings is 1. The molecule has 1 aliphatic rings. The number of hydrogen-bond donors (Lipinski definition) is 1. The van der Waals surface area contributed by atoms with Gasteiger partial charge in [-0.1, -0.05) is 30.3 Å². The highest BCUT2D eigenvalue weighted by Gasteiger charge is 2.16. The molecule has 1 amide bonds. The molecule has 144 valence electrons. The zero-order valence-electron chi connectivity index (χ0n) is 15.8. The Kier molecular flexibility index (Phi) is 5.66. The minimum atomic E-state index is -0.0519. The van der Waals surface area contributed by atoms with Crippen LogP contribution in [0.2, 0.25) is 0 Å². The van der Waals surface area contributed by atoms with Gasteiger partial charge in [0, 0.05) is 31.5 Å². The van der Waals surface area contributed by atoms with Gasteiger partial charge in [0.15, 0.2) is 0 Å². The van der Waals surface area contributed by atoms with Gasteiger partial charge in [0.25, 0.3) is 0 Å². The molecule has 0 spiro atoms. The van der Waals surface area contributed by atoms with Crippen molar-refractivity contribution in [2.24, 2.45) is 0 Å². The predicted molar refractivity (Wildman–Crippen MR) is 109 cm³/mol. The van der Waals surface area contributed by atoms with Crippen LogP contribution in [0.1, 0.15) is 31.6 Å². The summed E-state index contributed by atoms with van der Waals surface area (Å²) in [6.07, 6.45) is 4.38. The van der Waals surface area contributed by atoms with Crippen molar-refractivity contribution in [2.45, 2.75) is 32.1 Å². The summed E-state index contributed by atoms with van der Waals surface area (Å²) in [5, 5.41) is 11.2. The summed E-state index contributed by atoms with van der Waals surface area (Å²) >= 11 is 0. The Balaban J connectivity index is 1.36. The van der Waals surface area contributed by atoms with E-state index in [1.165, 1.54) is 19.3 Å². The molecule has 2 aromatic carbocycles. The van der Waals surface area contributed by atoms with Gasteiger partial charge < -0.3 is 14.6 Å². The summed E-state index contributed by atoms with van der Waals surface area (Å²) in [5.74, 6) is 0.897. The number of carbonyl (C=O) groups is 1. The van der Waals surface area contributed by atoms with Gasteiger partial charge in [-0.05, 0) is 43.5 Å². The summed E-state index contributed by atoms with van der Waals surface area (Å²) in [6, 6.07) is 17.6. The molecule has 3 aromatic rings. The molecule has 2 heterocycles. The molecule has 0 saturated carbocycles. The number of benzene rings is 2. The van der Waals surface area contributed by atoms with E-state index in [0.717, 1.165) is 30.0 Å². The van der Waals surface area contributed by atoms with E-state index < -0.39 is 0 Å². The van der Waals surface area contributed by atoms with Crippen molar-refractivity contribution in [1.29, 1.82) is 0 Å². The van der Waals surface area contributed by atoms with E-state index in [1.54, 1.807) is 0 Å². The maximum absolute atomic E-state index is 12.5. The number of nitrogens with zero attached hydrogens (tertiary/aromatic N) is 3. The lowest BCUT2D eigenvalue weighted by Crippen LogP contribution is -2.30. The quantitative estimate of drug-likeness (QED) is 0.694. The van der Waals surface area contributed by atoms with Crippen LogP contribution in [-0.2, 0) is 11.2 Å². The SMILES string of the molecule is O=C(CCc1nnc(-c2ccccc2)o1)Nc1ccccc1N1CCCCC1. The summed E-state index contributed by atoms with van der Waals surface area (Å²) in [6.45, 7) is 2.08. The van der Waals surface area contributed by atoms with Gasteiger partial charge >= 0.3 is 0 Å². The highest BCUT2D eigenvalue weighted by atomic mass is 16.4. The van der Waals surface area contributed by atoms with E-state index in [-0.39, 0.29) is 5.91 Å². The first-order valence-electron chi connectivity index (χ1n) is 9.81. The second kappa shape index (κ2) is 8.69. The van der Waals surface area contributed by atoms with Gasteiger partial charge in [0.05, 0.1) is 11.4 Å². The van der Waals surface area contributed by atoms with Crippen LogP contribution in [0.5, 0.6) is 0 Å². The van der Waals surface area contributed by atoms with Gasteiger partial charge in [-0.2, -0.15) is 0 Å². The Morgan fingerprint density at radius 3 is 2.54 bits per heavy atom. The minimum Gasteiger partial charge on any atom is -0.421 e. The van der Waals surface area contributed by atoms with E-state index in [1.807, 2.05) is 48.5 Å². The number of anilines is 2. The van der Waals surface area contributed by atoms with E-state index in [0.29, 0.717) is 24.6 Å². The van der Waals surface area contributed by atoms with Crippen LogP contribution in [0.4, 0.5) is 11.4 Å². The van der Waals surface area contributed by atoms with Crippen molar-refractivity contribution in [3.63, 3.8) is 0 Å². The van der Waals surface area contributed by atoms with Crippen LogP contribution >= 0.6 is 0 Å². The molecular formula is C22H24N4O2. The van der Waals surface area contributed by atoms with Crippen LogP contribution in [-0.4, -0.2) is 29.2 Å². The maximum atomic E-state index is 12.5. The third kappa shape index (κ3) is 4.39. The third-order valence-corrected chi connectivity index (χ3v) is 4.93. The van der Waals surface area contributed by atoms with Crippen molar-refractivity contribution in [3.05, 3.63) is 60.5 Å². The molecule has 1 aliphatic heterocycles. The largest absolute Gasteiger partial charge is 0.421 e. The highest BCUT2D eigenvalue weighted by molar-refractivity contribution is 5.94. The van der Waals surface area contributed by atoms with Crippen LogP contribution < -0.4 is 10.2 Å². The van der Waals surface area contributed by atoms with Gasteiger partial charge in [-0.15, -0.1) is 10.2 Å². The molecule has 0 aliphatic carbocycles. The first kappa shape index (κ1) is 18.2. The van der Waals surface area contributed by atoms with Crippen LogP contribution in [0.3, 0.4) is 0 Å². The Bertz CT molecular complexity index is 917. The number of rotatable bonds is 6. The van der Waals surface area contributed by atoms with Crippen molar-refractivity contribution in [2.75, 3.05) is 23.3 Å². The smallest absolute Gasteiger partial charge is 0.247 e. The first-order chi connectivity index (χ1) is 13.8. The number of aromatic nitrogens is 2. The molecule has 0 unspecified atom stereocenters. The Hall–Kier alpha value is -3.15. The molecule has 6 nitrogen and oxygen atoms in total. The summed E-state index contributed by atoms with van der Waals surface area (Å²) < 4.78 is 5.68. The van der Waals surface area contributed by atoms with Gasteiger partial charge in [0.2, 0.25) is 17.7 Å². The number of hydrogen-bond acceptors (Lipinski definition) is 5. The monoisotopic (exact) mass is 376 g/mol.